The van der Waals surface area contributed by atoms with Gasteiger partial charge in [0.25, 0.3) is 5.91 Å². The van der Waals surface area contributed by atoms with Crippen LogP contribution in [0.2, 0.25) is 5.02 Å². The molecule has 1 aliphatic heterocycles. The number of carbonyl (C=O) groups is 1. The van der Waals surface area contributed by atoms with Crippen molar-refractivity contribution >= 4 is 23.2 Å². The number of hydrogen-bond donors (Lipinski definition) is 1. The molecule has 2 aromatic carbocycles. The maximum Gasteiger partial charge on any atom is 0.279 e. The van der Waals surface area contributed by atoms with Gasteiger partial charge in [-0.1, -0.05) is 54.1 Å². The maximum absolute atomic E-state index is 12.9. The van der Waals surface area contributed by atoms with Gasteiger partial charge in [0, 0.05) is 5.56 Å². The molecular formula is C22H28ClN2O+. The van der Waals surface area contributed by atoms with Crippen molar-refractivity contribution < 1.29 is 9.28 Å². The zero-order valence-corrected chi connectivity index (χ0v) is 16.3. The van der Waals surface area contributed by atoms with Gasteiger partial charge < -0.3 is 9.80 Å². The van der Waals surface area contributed by atoms with Gasteiger partial charge in [-0.2, -0.15) is 0 Å². The third-order valence-corrected chi connectivity index (χ3v) is 5.66. The van der Waals surface area contributed by atoms with E-state index in [-0.39, 0.29) is 5.91 Å². The molecule has 1 amide bonds. The van der Waals surface area contributed by atoms with Gasteiger partial charge in [0.15, 0.2) is 6.54 Å². The molecule has 0 atom stereocenters. The van der Waals surface area contributed by atoms with Crippen LogP contribution in [0.3, 0.4) is 0 Å². The quantitative estimate of drug-likeness (QED) is 0.721. The van der Waals surface area contributed by atoms with E-state index in [0.29, 0.717) is 11.6 Å². The van der Waals surface area contributed by atoms with Crippen LogP contribution in [-0.4, -0.2) is 30.0 Å². The summed E-state index contributed by atoms with van der Waals surface area (Å²) < 4.78 is 0.833. The Kier molecular flexibility index (Phi) is 6.33. The summed E-state index contributed by atoms with van der Waals surface area (Å²) in [6.45, 7) is 5.50. The number of amides is 1. The largest absolute Gasteiger partial charge is 0.320 e. The number of rotatable bonds is 5. The van der Waals surface area contributed by atoms with Gasteiger partial charge in [-0.25, -0.2) is 0 Å². The fourth-order valence-electron chi connectivity index (χ4n) is 3.98. The Balaban J connectivity index is 1.77. The average molecular weight is 372 g/mol. The van der Waals surface area contributed by atoms with E-state index in [2.05, 4.69) is 29.6 Å². The molecule has 2 aromatic rings. The number of para-hydroxylation sites is 1. The first-order valence-corrected chi connectivity index (χ1v) is 9.90. The van der Waals surface area contributed by atoms with Crippen LogP contribution in [0.4, 0.5) is 5.69 Å². The van der Waals surface area contributed by atoms with Crippen molar-refractivity contribution in [1.29, 1.82) is 0 Å². The normalized spacial score (nSPS) is 16.7. The number of carbonyl (C=O) groups excluding carboxylic acids is 1. The molecule has 3 rings (SSSR count). The molecule has 0 aliphatic carbocycles. The smallest absolute Gasteiger partial charge is 0.279 e. The van der Waals surface area contributed by atoms with E-state index >= 15 is 0 Å². The van der Waals surface area contributed by atoms with Crippen molar-refractivity contribution in [3.8, 4) is 0 Å². The Hall–Kier alpha value is -1.84. The van der Waals surface area contributed by atoms with Crippen molar-refractivity contribution in [2.24, 2.45) is 0 Å². The summed E-state index contributed by atoms with van der Waals surface area (Å²) in [7, 11) is 0. The number of nitrogens with one attached hydrogen (secondary N) is 1. The Morgan fingerprint density at radius 3 is 2.35 bits per heavy atom. The van der Waals surface area contributed by atoms with Crippen LogP contribution in [0.1, 0.15) is 36.8 Å². The van der Waals surface area contributed by atoms with E-state index < -0.39 is 0 Å². The maximum atomic E-state index is 12.9. The monoisotopic (exact) mass is 371 g/mol. The first-order chi connectivity index (χ1) is 12.6. The third kappa shape index (κ3) is 4.87. The highest BCUT2D eigenvalue weighted by Crippen LogP contribution is 2.27. The summed E-state index contributed by atoms with van der Waals surface area (Å²) in [5, 5.41) is 3.67. The van der Waals surface area contributed by atoms with Crippen LogP contribution < -0.4 is 5.32 Å². The summed E-state index contributed by atoms with van der Waals surface area (Å²) in [5.41, 5.74) is 3.04. The molecule has 1 N–H and O–H groups in total. The summed E-state index contributed by atoms with van der Waals surface area (Å²) >= 11 is 6.29. The highest BCUT2D eigenvalue weighted by atomic mass is 35.5. The highest BCUT2D eigenvalue weighted by Gasteiger charge is 2.32. The number of aryl methyl sites for hydroxylation is 1. The third-order valence-electron chi connectivity index (χ3n) is 5.34. The van der Waals surface area contributed by atoms with Crippen LogP contribution >= 0.6 is 11.6 Å². The minimum atomic E-state index is 0.0547. The minimum Gasteiger partial charge on any atom is -0.320 e. The predicted octanol–water partition coefficient (Wildman–Crippen LogP) is 5.18. The molecule has 0 aromatic heterocycles. The SMILES string of the molecule is Cc1cccc(Cl)c1NC(=O)C[N+]1(Cc2ccccc2)CCCCCC1. The number of hydrogen-bond acceptors (Lipinski definition) is 1. The van der Waals surface area contributed by atoms with Gasteiger partial charge in [-0.05, 0) is 44.2 Å². The van der Waals surface area contributed by atoms with Crippen molar-refractivity contribution in [2.45, 2.75) is 39.2 Å². The van der Waals surface area contributed by atoms with Crippen LogP contribution in [0.25, 0.3) is 0 Å². The van der Waals surface area contributed by atoms with Crippen molar-refractivity contribution in [3.63, 3.8) is 0 Å². The molecule has 1 fully saturated rings. The van der Waals surface area contributed by atoms with E-state index in [1.807, 2.05) is 31.2 Å². The molecule has 4 heteroatoms. The summed E-state index contributed by atoms with van der Waals surface area (Å²) in [6, 6.07) is 16.2. The molecule has 0 unspecified atom stereocenters. The molecule has 0 spiro atoms. The lowest BCUT2D eigenvalue weighted by molar-refractivity contribution is -0.932. The first kappa shape index (κ1) is 18.9. The van der Waals surface area contributed by atoms with Gasteiger partial charge in [-0.15, -0.1) is 0 Å². The van der Waals surface area contributed by atoms with Gasteiger partial charge >= 0.3 is 0 Å². The molecule has 1 aliphatic rings. The fraction of sp³-hybridized carbons (Fsp3) is 0.409. The standard InChI is InChI=1S/C22H27ClN2O/c1-18-10-9-13-20(23)22(18)24-21(26)17-25(14-7-2-3-8-15-25)16-19-11-5-4-6-12-19/h4-6,9-13H,2-3,7-8,14-17H2,1H3/p+1. The number of benzene rings is 2. The van der Waals surface area contributed by atoms with Gasteiger partial charge in [-0.3, -0.25) is 4.79 Å². The lowest BCUT2D eigenvalue weighted by Crippen LogP contribution is -2.52. The molecule has 138 valence electrons. The predicted molar refractivity (Wildman–Crippen MR) is 108 cm³/mol. The number of halogens is 1. The minimum absolute atomic E-state index is 0.0547. The zero-order chi connectivity index (χ0) is 18.4. The van der Waals surface area contributed by atoms with Crippen LogP contribution in [-0.2, 0) is 11.3 Å². The first-order valence-electron chi connectivity index (χ1n) is 9.52. The number of likely N-dealkylation sites (tertiary alicyclic amines) is 1. The van der Waals surface area contributed by atoms with Crippen molar-refractivity contribution in [2.75, 3.05) is 25.0 Å². The second kappa shape index (κ2) is 8.70. The zero-order valence-electron chi connectivity index (χ0n) is 15.5. The van der Waals surface area contributed by atoms with Crippen molar-refractivity contribution in [1.82, 2.24) is 0 Å². The van der Waals surface area contributed by atoms with Gasteiger partial charge in [0.1, 0.15) is 6.54 Å². The molecule has 0 radical (unpaired) electrons. The molecule has 1 saturated heterocycles. The molecule has 0 bridgehead atoms. The summed E-state index contributed by atoms with van der Waals surface area (Å²) in [5.74, 6) is 0.0547. The summed E-state index contributed by atoms with van der Waals surface area (Å²) in [4.78, 5) is 12.9. The van der Waals surface area contributed by atoms with Crippen LogP contribution in [0.15, 0.2) is 48.5 Å². The second-order valence-corrected chi connectivity index (χ2v) is 7.89. The van der Waals surface area contributed by atoms with E-state index in [1.165, 1.54) is 31.2 Å². The van der Waals surface area contributed by atoms with E-state index in [0.717, 1.165) is 35.4 Å². The Labute approximate surface area is 161 Å². The van der Waals surface area contributed by atoms with Gasteiger partial charge in [0.2, 0.25) is 0 Å². The molecule has 26 heavy (non-hydrogen) atoms. The number of nitrogens with zero attached hydrogens (tertiary/aromatic N) is 1. The lowest BCUT2D eigenvalue weighted by atomic mass is 10.1. The average Bonchev–Trinajstić information content (AvgIpc) is 2.85. The summed E-state index contributed by atoms with van der Waals surface area (Å²) in [6.07, 6.45) is 4.90. The molecule has 0 saturated carbocycles. The molecule has 3 nitrogen and oxygen atoms in total. The number of quaternary nitrogens is 1. The van der Waals surface area contributed by atoms with E-state index in [1.54, 1.807) is 0 Å². The Morgan fingerprint density at radius 1 is 1.00 bits per heavy atom. The fourth-order valence-corrected chi connectivity index (χ4v) is 4.25. The highest BCUT2D eigenvalue weighted by molar-refractivity contribution is 6.33. The van der Waals surface area contributed by atoms with E-state index in [4.69, 9.17) is 11.6 Å². The Morgan fingerprint density at radius 2 is 1.69 bits per heavy atom. The number of anilines is 1. The van der Waals surface area contributed by atoms with E-state index in [9.17, 15) is 4.79 Å². The second-order valence-electron chi connectivity index (χ2n) is 7.48. The van der Waals surface area contributed by atoms with Crippen molar-refractivity contribution in [3.05, 3.63) is 64.7 Å². The van der Waals surface area contributed by atoms with Crippen LogP contribution in [0.5, 0.6) is 0 Å². The lowest BCUT2D eigenvalue weighted by Gasteiger charge is -2.37. The van der Waals surface area contributed by atoms with Gasteiger partial charge in [0.05, 0.1) is 23.8 Å². The molecular weight excluding hydrogens is 344 g/mol. The topological polar surface area (TPSA) is 29.1 Å². The Bertz CT molecular complexity index is 717. The van der Waals surface area contributed by atoms with Crippen LogP contribution in [0, 0.1) is 6.92 Å². The molecule has 1 heterocycles.